The van der Waals surface area contributed by atoms with E-state index >= 15 is 0 Å². The average Bonchev–Trinajstić information content (AvgIpc) is 3.38. The molecule has 27 heavy (non-hydrogen) atoms. The standard InChI is InChI=1S/C20H23N3O4/c24-20(17-10-14-2-1-9-23(14)22-17)21-13-3-5-15(6-4-13)27-16-7-8-18-19(11-16)26-12-25-18/h7-8,10-11,13,15H,1-6,9,12H2,(H,21,24). The average molecular weight is 369 g/mol. The molecule has 3 heterocycles. The second kappa shape index (κ2) is 6.79. The molecule has 0 spiro atoms. The fourth-order valence-electron chi connectivity index (χ4n) is 4.10. The molecular formula is C20H23N3O4. The third-order valence-corrected chi connectivity index (χ3v) is 5.55. The fraction of sp³-hybridized carbons (Fsp3) is 0.500. The second-order valence-electron chi connectivity index (χ2n) is 7.43. The van der Waals surface area contributed by atoms with Crippen LogP contribution in [0.1, 0.15) is 48.3 Å². The van der Waals surface area contributed by atoms with E-state index < -0.39 is 0 Å². The maximum atomic E-state index is 12.5. The van der Waals surface area contributed by atoms with Gasteiger partial charge in [0.25, 0.3) is 5.91 Å². The van der Waals surface area contributed by atoms with Crippen LogP contribution in [0.5, 0.6) is 17.2 Å². The molecule has 1 saturated carbocycles. The van der Waals surface area contributed by atoms with Crippen molar-refractivity contribution >= 4 is 5.91 Å². The summed E-state index contributed by atoms with van der Waals surface area (Å²) in [5, 5.41) is 7.55. The molecule has 0 radical (unpaired) electrons. The lowest BCUT2D eigenvalue weighted by Crippen LogP contribution is -2.39. The van der Waals surface area contributed by atoms with E-state index in [-0.39, 0.29) is 24.8 Å². The third kappa shape index (κ3) is 3.34. The first-order chi connectivity index (χ1) is 13.2. The molecule has 0 atom stereocenters. The molecular weight excluding hydrogens is 346 g/mol. The number of ether oxygens (including phenoxy) is 3. The molecule has 1 fully saturated rings. The van der Waals surface area contributed by atoms with Gasteiger partial charge < -0.3 is 19.5 Å². The summed E-state index contributed by atoms with van der Waals surface area (Å²) < 4.78 is 18.8. The number of benzene rings is 1. The lowest BCUT2D eigenvalue weighted by Gasteiger charge is -2.29. The van der Waals surface area contributed by atoms with Gasteiger partial charge in [0.15, 0.2) is 11.5 Å². The van der Waals surface area contributed by atoms with E-state index in [9.17, 15) is 4.79 Å². The van der Waals surface area contributed by atoms with Gasteiger partial charge in [0.2, 0.25) is 6.79 Å². The zero-order valence-electron chi connectivity index (χ0n) is 15.1. The van der Waals surface area contributed by atoms with Gasteiger partial charge >= 0.3 is 0 Å². The largest absolute Gasteiger partial charge is 0.490 e. The number of hydrogen-bond donors (Lipinski definition) is 1. The van der Waals surface area contributed by atoms with Crippen LogP contribution in [-0.4, -0.2) is 34.6 Å². The van der Waals surface area contributed by atoms with E-state index in [1.54, 1.807) is 0 Å². The van der Waals surface area contributed by atoms with Gasteiger partial charge in [0.1, 0.15) is 11.4 Å². The van der Waals surface area contributed by atoms with Crippen LogP contribution in [0, 0.1) is 0 Å². The molecule has 1 aliphatic carbocycles. The van der Waals surface area contributed by atoms with Crippen molar-refractivity contribution in [2.45, 2.75) is 57.2 Å². The molecule has 1 aromatic carbocycles. The molecule has 2 aliphatic heterocycles. The second-order valence-corrected chi connectivity index (χ2v) is 7.43. The Morgan fingerprint density at radius 2 is 2.00 bits per heavy atom. The van der Waals surface area contributed by atoms with Crippen LogP contribution in [0.25, 0.3) is 0 Å². The Balaban J connectivity index is 1.13. The van der Waals surface area contributed by atoms with E-state index in [1.165, 1.54) is 5.69 Å². The molecule has 0 saturated heterocycles. The predicted octanol–water partition coefficient (Wildman–Crippen LogP) is 2.68. The van der Waals surface area contributed by atoms with Gasteiger partial charge in [-0.25, -0.2) is 0 Å². The number of aryl methyl sites for hydroxylation is 2. The van der Waals surface area contributed by atoms with Crippen molar-refractivity contribution in [3.05, 3.63) is 35.7 Å². The van der Waals surface area contributed by atoms with Gasteiger partial charge in [-0.1, -0.05) is 0 Å². The summed E-state index contributed by atoms with van der Waals surface area (Å²) in [6.07, 6.45) is 5.96. The highest BCUT2D eigenvalue weighted by Gasteiger charge is 2.26. The summed E-state index contributed by atoms with van der Waals surface area (Å²) in [5.41, 5.74) is 1.71. The highest BCUT2D eigenvalue weighted by atomic mass is 16.7. The predicted molar refractivity (Wildman–Crippen MR) is 97.3 cm³/mol. The lowest BCUT2D eigenvalue weighted by molar-refractivity contribution is 0.0888. The van der Waals surface area contributed by atoms with Gasteiger partial charge in [0, 0.05) is 24.3 Å². The van der Waals surface area contributed by atoms with Crippen molar-refractivity contribution in [1.29, 1.82) is 0 Å². The topological polar surface area (TPSA) is 74.6 Å². The summed E-state index contributed by atoms with van der Waals surface area (Å²) in [7, 11) is 0. The van der Waals surface area contributed by atoms with Gasteiger partial charge in [-0.3, -0.25) is 9.48 Å². The van der Waals surface area contributed by atoms with E-state index in [0.29, 0.717) is 5.69 Å². The van der Waals surface area contributed by atoms with Crippen molar-refractivity contribution in [2.75, 3.05) is 6.79 Å². The van der Waals surface area contributed by atoms with Crippen LogP contribution < -0.4 is 19.5 Å². The molecule has 3 aliphatic rings. The number of nitrogens with zero attached hydrogens (tertiary/aromatic N) is 2. The minimum Gasteiger partial charge on any atom is -0.490 e. The Bertz CT molecular complexity index is 833. The van der Waals surface area contributed by atoms with Crippen molar-refractivity contribution in [3.8, 4) is 17.2 Å². The van der Waals surface area contributed by atoms with Gasteiger partial charge in [-0.2, -0.15) is 5.10 Å². The van der Waals surface area contributed by atoms with Crippen LogP contribution in [0.4, 0.5) is 0 Å². The maximum absolute atomic E-state index is 12.5. The third-order valence-electron chi connectivity index (χ3n) is 5.55. The first-order valence-corrected chi connectivity index (χ1v) is 9.68. The van der Waals surface area contributed by atoms with Gasteiger partial charge in [-0.05, 0) is 56.7 Å². The zero-order chi connectivity index (χ0) is 18.2. The number of rotatable bonds is 4. The Kier molecular flexibility index (Phi) is 4.14. The molecule has 142 valence electrons. The number of aromatic nitrogens is 2. The van der Waals surface area contributed by atoms with E-state index in [4.69, 9.17) is 14.2 Å². The van der Waals surface area contributed by atoms with Gasteiger partial charge in [-0.15, -0.1) is 0 Å². The SMILES string of the molecule is O=C(NC1CCC(Oc2ccc3c(c2)OCO3)CC1)c1cc2n(n1)CCC2. The summed E-state index contributed by atoms with van der Waals surface area (Å²) in [6.45, 7) is 1.19. The molecule has 7 heteroatoms. The Labute approximate surface area is 157 Å². The van der Waals surface area contributed by atoms with Crippen molar-refractivity contribution in [2.24, 2.45) is 0 Å². The number of hydrogen-bond acceptors (Lipinski definition) is 5. The quantitative estimate of drug-likeness (QED) is 0.897. The number of carbonyl (C=O) groups is 1. The van der Waals surface area contributed by atoms with Crippen LogP contribution in [-0.2, 0) is 13.0 Å². The summed E-state index contributed by atoms with van der Waals surface area (Å²) in [5.74, 6) is 2.25. The first kappa shape index (κ1) is 16.5. The monoisotopic (exact) mass is 369 g/mol. The van der Waals surface area contributed by atoms with Crippen LogP contribution in [0.2, 0.25) is 0 Å². The minimum atomic E-state index is -0.0583. The molecule has 0 bridgehead atoms. The Morgan fingerprint density at radius 1 is 1.15 bits per heavy atom. The fourth-order valence-corrected chi connectivity index (χ4v) is 4.10. The smallest absolute Gasteiger partial charge is 0.272 e. The minimum absolute atomic E-state index is 0.0583. The molecule has 2 aromatic rings. The van der Waals surface area contributed by atoms with Crippen LogP contribution in [0.15, 0.2) is 24.3 Å². The number of amides is 1. The number of fused-ring (bicyclic) bond motifs is 2. The highest BCUT2D eigenvalue weighted by molar-refractivity contribution is 5.92. The molecule has 7 nitrogen and oxygen atoms in total. The maximum Gasteiger partial charge on any atom is 0.272 e. The van der Waals surface area contributed by atoms with E-state index in [0.717, 1.165) is 62.3 Å². The zero-order valence-corrected chi connectivity index (χ0v) is 15.1. The summed E-state index contributed by atoms with van der Waals surface area (Å²) in [6, 6.07) is 7.79. The number of nitrogens with one attached hydrogen (secondary N) is 1. The van der Waals surface area contributed by atoms with Crippen molar-refractivity contribution in [1.82, 2.24) is 15.1 Å². The molecule has 0 unspecified atom stereocenters. The van der Waals surface area contributed by atoms with Crippen LogP contribution in [0.3, 0.4) is 0 Å². The summed E-state index contributed by atoms with van der Waals surface area (Å²) >= 11 is 0. The highest BCUT2D eigenvalue weighted by Crippen LogP contribution is 2.36. The van der Waals surface area contributed by atoms with Crippen molar-refractivity contribution in [3.63, 3.8) is 0 Å². The lowest BCUT2D eigenvalue weighted by atomic mass is 9.93. The normalized spacial score (nSPS) is 23.1. The summed E-state index contributed by atoms with van der Waals surface area (Å²) in [4.78, 5) is 12.5. The van der Waals surface area contributed by atoms with E-state index in [1.807, 2.05) is 28.9 Å². The Morgan fingerprint density at radius 3 is 2.85 bits per heavy atom. The molecule has 1 aromatic heterocycles. The molecule has 1 amide bonds. The number of carbonyl (C=O) groups excluding carboxylic acids is 1. The van der Waals surface area contributed by atoms with Crippen LogP contribution >= 0.6 is 0 Å². The van der Waals surface area contributed by atoms with Crippen molar-refractivity contribution < 1.29 is 19.0 Å². The molecule has 5 rings (SSSR count). The molecule has 1 N–H and O–H groups in total. The Hall–Kier alpha value is -2.70. The van der Waals surface area contributed by atoms with Gasteiger partial charge in [0.05, 0.1) is 6.10 Å². The first-order valence-electron chi connectivity index (χ1n) is 9.68. The van der Waals surface area contributed by atoms with E-state index in [2.05, 4.69) is 10.4 Å².